The van der Waals surface area contributed by atoms with Gasteiger partial charge >= 0.3 is 5.97 Å². The van der Waals surface area contributed by atoms with Crippen LogP contribution in [0.5, 0.6) is 0 Å². The van der Waals surface area contributed by atoms with Crippen LogP contribution in [0.2, 0.25) is 5.02 Å². The van der Waals surface area contributed by atoms with Gasteiger partial charge in [-0.05, 0) is 13.8 Å². The number of halogens is 1. The molecule has 1 heterocycles. The zero-order valence-electron chi connectivity index (χ0n) is 10.7. The third-order valence-corrected chi connectivity index (χ3v) is 3.01. The van der Waals surface area contributed by atoms with Crippen LogP contribution < -0.4 is 5.32 Å². The summed E-state index contributed by atoms with van der Waals surface area (Å²) < 4.78 is 6.30. The van der Waals surface area contributed by atoms with Gasteiger partial charge in [-0.15, -0.1) is 0 Å². The first-order valence-electron chi connectivity index (χ1n) is 5.84. The Labute approximate surface area is 121 Å². The molecule has 0 fully saturated rings. The van der Waals surface area contributed by atoms with E-state index in [2.05, 4.69) is 23.0 Å². The van der Waals surface area contributed by atoms with Crippen LogP contribution in [0.1, 0.15) is 24.3 Å². The first-order chi connectivity index (χ1) is 9.04. The number of nitrogens with zero attached hydrogens (tertiary/aromatic N) is 2. The molecule has 0 saturated heterocycles. The predicted molar refractivity (Wildman–Crippen MR) is 74.7 cm³/mol. The molecule has 8 heteroatoms. The average Bonchev–Trinajstić information content (AvgIpc) is 2.77. The van der Waals surface area contributed by atoms with Crippen molar-refractivity contribution in [2.75, 3.05) is 12.4 Å². The second kappa shape index (κ2) is 7.40. The highest BCUT2D eigenvalue weighted by Crippen LogP contribution is 2.15. The van der Waals surface area contributed by atoms with E-state index in [9.17, 15) is 9.59 Å². The van der Waals surface area contributed by atoms with Crippen molar-refractivity contribution >= 4 is 36.1 Å². The van der Waals surface area contributed by atoms with E-state index in [4.69, 9.17) is 16.3 Å². The fourth-order valence-electron chi connectivity index (χ4n) is 1.48. The fraction of sp³-hybridized carbons (Fsp3) is 0.545. The lowest BCUT2D eigenvalue weighted by Gasteiger charge is -2.15. The summed E-state index contributed by atoms with van der Waals surface area (Å²) in [4.78, 5) is 23.7. The van der Waals surface area contributed by atoms with Crippen LogP contribution in [0.3, 0.4) is 0 Å². The Hall–Kier alpha value is -1.21. The van der Waals surface area contributed by atoms with Crippen LogP contribution in [0.25, 0.3) is 0 Å². The molecule has 1 aromatic rings. The highest BCUT2D eigenvalue weighted by Gasteiger charge is 2.24. The van der Waals surface area contributed by atoms with Crippen LogP contribution in [0.4, 0.5) is 0 Å². The Balaban J connectivity index is 2.82. The number of aryl methyl sites for hydroxylation is 1. The molecule has 0 bridgehead atoms. The van der Waals surface area contributed by atoms with Crippen molar-refractivity contribution in [1.29, 1.82) is 0 Å². The maximum absolute atomic E-state index is 12.1. The molecule has 0 saturated carbocycles. The zero-order chi connectivity index (χ0) is 14.4. The van der Waals surface area contributed by atoms with E-state index in [0.717, 1.165) is 0 Å². The second-order valence-corrected chi connectivity index (χ2v) is 4.39. The molecular formula is C11H16ClN3O3S. The third kappa shape index (κ3) is 3.87. The van der Waals surface area contributed by atoms with E-state index in [1.165, 1.54) is 10.9 Å². The van der Waals surface area contributed by atoms with E-state index in [1.54, 1.807) is 6.92 Å². The van der Waals surface area contributed by atoms with Crippen LogP contribution in [-0.2, 0) is 16.1 Å². The van der Waals surface area contributed by atoms with Gasteiger partial charge in [0.15, 0.2) is 0 Å². The van der Waals surface area contributed by atoms with Gasteiger partial charge in [-0.1, -0.05) is 11.6 Å². The molecule has 106 valence electrons. The summed E-state index contributed by atoms with van der Waals surface area (Å²) in [5.41, 5.74) is 0.222. The van der Waals surface area contributed by atoms with E-state index in [1.807, 2.05) is 6.92 Å². The Bertz CT molecular complexity index is 464. The van der Waals surface area contributed by atoms with E-state index in [-0.39, 0.29) is 23.1 Å². The van der Waals surface area contributed by atoms with Gasteiger partial charge in [-0.25, -0.2) is 4.79 Å². The lowest BCUT2D eigenvalue weighted by atomic mass is 10.3. The molecule has 1 amide bonds. The molecule has 19 heavy (non-hydrogen) atoms. The number of thiol groups is 1. The predicted octanol–water partition coefficient (Wildman–Crippen LogP) is 1.15. The van der Waals surface area contributed by atoms with Crippen molar-refractivity contribution in [2.45, 2.75) is 26.4 Å². The van der Waals surface area contributed by atoms with Crippen LogP contribution in [-0.4, -0.2) is 40.1 Å². The lowest BCUT2D eigenvalue weighted by Crippen LogP contribution is -2.44. The van der Waals surface area contributed by atoms with Gasteiger partial charge in [0.2, 0.25) is 0 Å². The summed E-state index contributed by atoms with van der Waals surface area (Å²) in [6.07, 6.45) is 1.39. The molecule has 0 aliphatic rings. The zero-order valence-corrected chi connectivity index (χ0v) is 12.4. The van der Waals surface area contributed by atoms with Crippen molar-refractivity contribution in [1.82, 2.24) is 15.1 Å². The molecule has 1 N–H and O–H groups in total. The first-order valence-corrected chi connectivity index (χ1v) is 6.85. The Morgan fingerprint density at radius 2 is 2.26 bits per heavy atom. The minimum Gasteiger partial charge on any atom is -0.464 e. The molecule has 6 nitrogen and oxygen atoms in total. The van der Waals surface area contributed by atoms with Crippen molar-refractivity contribution in [3.05, 3.63) is 16.9 Å². The largest absolute Gasteiger partial charge is 0.464 e. The molecule has 1 atom stereocenters. The molecule has 0 unspecified atom stereocenters. The second-order valence-electron chi connectivity index (χ2n) is 3.62. The van der Waals surface area contributed by atoms with Crippen LogP contribution in [0.15, 0.2) is 6.20 Å². The highest BCUT2D eigenvalue weighted by molar-refractivity contribution is 7.80. The van der Waals surface area contributed by atoms with Crippen molar-refractivity contribution in [3.8, 4) is 0 Å². The quantitative estimate of drug-likeness (QED) is 0.611. The monoisotopic (exact) mass is 305 g/mol. The number of aromatic nitrogens is 2. The maximum atomic E-state index is 12.1. The van der Waals surface area contributed by atoms with Crippen molar-refractivity contribution < 1.29 is 14.3 Å². The van der Waals surface area contributed by atoms with Crippen LogP contribution in [0, 0.1) is 0 Å². The number of nitrogens with one attached hydrogen (secondary N) is 1. The molecule has 0 spiro atoms. The van der Waals surface area contributed by atoms with Gasteiger partial charge in [0.1, 0.15) is 11.7 Å². The Morgan fingerprint density at radius 3 is 2.79 bits per heavy atom. The van der Waals surface area contributed by atoms with E-state index >= 15 is 0 Å². The van der Waals surface area contributed by atoms with Gasteiger partial charge in [-0.3, -0.25) is 9.48 Å². The fourth-order valence-corrected chi connectivity index (χ4v) is 1.94. The average molecular weight is 306 g/mol. The summed E-state index contributed by atoms with van der Waals surface area (Å²) in [7, 11) is 0. The van der Waals surface area contributed by atoms with Crippen molar-refractivity contribution in [2.24, 2.45) is 0 Å². The number of hydrogen-bond donors (Lipinski definition) is 2. The minimum absolute atomic E-state index is 0.141. The summed E-state index contributed by atoms with van der Waals surface area (Å²) in [5, 5.41) is 6.73. The van der Waals surface area contributed by atoms with Gasteiger partial charge in [0, 0.05) is 12.3 Å². The molecule has 0 aliphatic carbocycles. The summed E-state index contributed by atoms with van der Waals surface area (Å²) in [6.45, 7) is 4.27. The number of hydrogen-bond acceptors (Lipinski definition) is 5. The number of carbonyl (C=O) groups is 2. The summed E-state index contributed by atoms with van der Waals surface area (Å²) in [6, 6.07) is -0.813. The molecule has 0 aliphatic heterocycles. The third-order valence-electron chi connectivity index (χ3n) is 2.37. The van der Waals surface area contributed by atoms with Gasteiger partial charge in [0.25, 0.3) is 5.91 Å². The van der Waals surface area contributed by atoms with Gasteiger partial charge in [-0.2, -0.15) is 17.7 Å². The number of esters is 1. The molecule has 1 aromatic heterocycles. The topological polar surface area (TPSA) is 73.2 Å². The maximum Gasteiger partial charge on any atom is 0.329 e. The first kappa shape index (κ1) is 15.8. The number of rotatable bonds is 6. The smallest absolute Gasteiger partial charge is 0.329 e. The molecular weight excluding hydrogens is 290 g/mol. The molecule has 1 rings (SSSR count). The number of carbonyl (C=O) groups excluding carboxylic acids is 2. The van der Waals surface area contributed by atoms with E-state index < -0.39 is 17.9 Å². The standard InChI is InChI=1S/C11H16ClN3O3S/c1-3-15-9(7(12)5-13-15)10(16)14-8(6-19)11(17)18-4-2/h5,8,19H,3-4,6H2,1-2H3,(H,14,16)/t8-/m0/s1. The lowest BCUT2D eigenvalue weighted by molar-refractivity contribution is -0.144. The summed E-state index contributed by atoms with van der Waals surface area (Å²) >= 11 is 9.93. The molecule has 0 radical (unpaired) electrons. The molecule has 0 aromatic carbocycles. The van der Waals surface area contributed by atoms with Gasteiger partial charge < -0.3 is 10.1 Å². The minimum atomic E-state index is -0.813. The highest BCUT2D eigenvalue weighted by atomic mass is 35.5. The summed E-state index contributed by atoms with van der Waals surface area (Å²) in [5.74, 6) is -0.858. The van der Waals surface area contributed by atoms with E-state index in [0.29, 0.717) is 6.54 Å². The van der Waals surface area contributed by atoms with Gasteiger partial charge in [0.05, 0.1) is 17.8 Å². The number of amides is 1. The number of ether oxygens (including phenoxy) is 1. The normalized spacial score (nSPS) is 12.0. The van der Waals surface area contributed by atoms with Crippen molar-refractivity contribution in [3.63, 3.8) is 0 Å². The Kier molecular flexibility index (Phi) is 6.17. The SMILES string of the molecule is CCOC(=O)[C@H](CS)NC(=O)c1c(Cl)cnn1CC. The van der Waals surface area contributed by atoms with Crippen LogP contribution >= 0.6 is 24.2 Å². The Morgan fingerprint density at radius 1 is 1.58 bits per heavy atom.